The van der Waals surface area contributed by atoms with Gasteiger partial charge in [0.25, 0.3) is 5.91 Å². The lowest BCUT2D eigenvalue weighted by molar-refractivity contribution is -0.117. The number of Topliss-reactive ketones (excluding diaryl/α,β-unsaturated/α-hetero) is 1. The van der Waals surface area contributed by atoms with Gasteiger partial charge in [-0.3, -0.25) is 14.5 Å². The van der Waals surface area contributed by atoms with Crippen LogP contribution in [-0.2, 0) is 4.79 Å². The van der Waals surface area contributed by atoms with Crippen molar-refractivity contribution < 1.29 is 19.1 Å². The summed E-state index contributed by atoms with van der Waals surface area (Å²) in [6, 6.07) is 19.2. The smallest absolute Gasteiger partial charge is 0.294 e. The van der Waals surface area contributed by atoms with Crippen LogP contribution in [0.25, 0.3) is 11.0 Å². The number of nitrogens with zero attached hydrogens (tertiary/aromatic N) is 1. The van der Waals surface area contributed by atoms with Gasteiger partial charge in [-0.1, -0.05) is 36.4 Å². The number of hydrogen-bond donors (Lipinski definition) is 1. The second-order valence-electron chi connectivity index (χ2n) is 7.12. The number of carbonyl (C=O) groups is 2. The fourth-order valence-corrected chi connectivity index (χ4v) is 4.86. The fraction of sp³-hybridized carbons (Fsp3) is 0.0833. The molecule has 0 bridgehead atoms. The molecule has 0 fully saturated rings. The van der Waals surface area contributed by atoms with Crippen LogP contribution in [0.4, 0.5) is 5.69 Å². The largest absolute Gasteiger partial charge is 0.503 e. The first-order valence-corrected chi connectivity index (χ1v) is 10.3. The third-order valence-electron chi connectivity index (χ3n) is 5.29. The molecule has 1 amide bonds. The first-order valence-electron chi connectivity index (χ1n) is 9.45. The molecule has 2 aromatic heterocycles. The van der Waals surface area contributed by atoms with Crippen molar-refractivity contribution in [1.29, 1.82) is 0 Å². The van der Waals surface area contributed by atoms with Crippen LogP contribution in [0.15, 0.2) is 87.9 Å². The Hall–Kier alpha value is -3.64. The highest BCUT2D eigenvalue weighted by Gasteiger charge is 2.46. The summed E-state index contributed by atoms with van der Waals surface area (Å²) in [4.78, 5) is 28.9. The van der Waals surface area contributed by atoms with E-state index in [0.717, 1.165) is 15.8 Å². The Labute approximate surface area is 176 Å². The molecule has 6 heteroatoms. The molecule has 1 aliphatic rings. The maximum atomic E-state index is 13.5. The zero-order valence-electron chi connectivity index (χ0n) is 16.0. The minimum Gasteiger partial charge on any atom is -0.503 e. The summed E-state index contributed by atoms with van der Waals surface area (Å²) >= 11 is 1.45. The van der Waals surface area contributed by atoms with Crippen LogP contribution < -0.4 is 4.90 Å². The van der Waals surface area contributed by atoms with E-state index in [1.54, 1.807) is 24.3 Å². The molecule has 0 aliphatic carbocycles. The lowest BCUT2D eigenvalue weighted by Crippen LogP contribution is -2.30. The molecule has 3 heterocycles. The molecule has 0 spiro atoms. The van der Waals surface area contributed by atoms with E-state index in [1.165, 1.54) is 16.2 Å². The molecule has 1 atom stereocenters. The molecule has 4 aromatic rings. The summed E-state index contributed by atoms with van der Waals surface area (Å²) in [5.41, 5.74) is 2.17. The summed E-state index contributed by atoms with van der Waals surface area (Å²) < 4.78 is 5.74. The number of fused-ring (bicyclic) bond motifs is 1. The predicted octanol–water partition coefficient (Wildman–Crippen LogP) is 5.59. The molecule has 1 unspecified atom stereocenters. The topological polar surface area (TPSA) is 70.7 Å². The van der Waals surface area contributed by atoms with E-state index < -0.39 is 23.5 Å². The van der Waals surface area contributed by atoms with Gasteiger partial charge >= 0.3 is 0 Å². The Bertz CT molecular complexity index is 1280. The van der Waals surface area contributed by atoms with E-state index in [0.29, 0.717) is 11.3 Å². The normalized spacial score (nSPS) is 16.6. The highest BCUT2D eigenvalue weighted by atomic mass is 32.1. The molecule has 2 aromatic carbocycles. The Morgan fingerprint density at radius 1 is 1.07 bits per heavy atom. The van der Waals surface area contributed by atoms with E-state index in [1.807, 2.05) is 54.8 Å². The second-order valence-corrected chi connectivity index (χ2v) is 8.07. The summed E-state index contributed by atoms with van der Waals surface area (Å²) in [5, 5.41) is 13.5. The van der Waals surface area contributed by atoms with Crippen LogP contribution >= 0.6 is 11.3 Å². The number of thiophene rings is 1. The van der Waals surface area contributed by atoms with Crippen LogP contribution in [0.3, 0.4) is 0 Å². The molecule has 5 nitrogen and oxygen atoms in total. The number of amides is 1. The van der Waals surface area contributed by atoms with Crippen molar-refractivity contribution >= 4 is 39.7 Å². The molecule has 5 rings (SSSR count). The molecular formula is C24H17NO4S. The Balaban J connectivity index is 1.67. The number of aryl methyl sites for hydroxylation is 1. The van der Waals surface area contributed by atoms with Crippen LogP contribution in [0.5, 0.6) is 0 Å². The average Bonchev–Trinajstić information content (AvgIpc) is 3.45. The molecule has 0 saturated heterocycles. The Morgan fingerprint density at radius 2 is 1.80 bits per heavy atom. The number of hydrogen-bond acceptors (Lipinski definition) is 5. The molecule has 0 radical (unpaired) electrons. The SMILES string of the molecule is Cc1ccsc1C1C(C(=O)c2cc3ccccc3o2)=C(O)C(=O)N1c1ccccc1. The average molecular weight is 415 g/mol. The molecule has 1 N–H and O–H groups in total. The summed E-state index contributed by atoms with van der Waals surface area (Å²) in [6.45, 7) is 1.93. The lowest BCUT2D eigenvalue weighted by atomic mass is 9.98. The van der Waals surface area contributed by atoms with Crippen molar-refractivity contribution in [3.8, 4) is 0 Å². The zero-order chi connectivity index (χ0) is 20.8. The van der Waals surface area contributed by atoms with Gasteiger partial charge in [-0.25, -0.2) is 0 Å². The van der Waals surface area contributed by atoms with E-state index in [4.69, 9.17) is 4.42 Å². The Kier molecular flexibility index (Phi) is 4.29. The van der Waals surface area contributed by atoms with Crippen molar-refractivity contribution in [2.75, 3.05) is 4.90 Å². The maximum Gasteiger partial charge on any atom is 0.294 e. The van der Waals surface area contributed by atoms with Crippen LogP contribution in [0, 0.1) is 6.92 Å². The van der Waals surface area contributed by atoms with Gasteiger partial charge in [-0.2, -0.15) is 0 Å². The van der Waals surface area contributed by atoms with Crippen molar-refractivity contribution in [2.24, 2.45) is 0 Å². The molecule has 30 heavy (non-hydrogen) atoms. The van der Waals surface area contributed by atoms with Crippen LogP contribution in [-0.4, -0.2) is 16.8 Å². The number of aliphatic hydroxyl groups is 1. The number of aliphatic hydroxyl groups excluding tert-OH is 1. The van der Waals surface area contributed by atoms with E-state index in [2.05, 4.69) is 0 Å². The van der Waals surface area contributed by atoms with Gasteiger partial charge < -0.3 is 9.52 Å². The van der Waals surface area contributed by atoms with E-state index >= 15 is 0 Å². The quantitative estimate of drug-likeness (QED) is 0.441. The van der Waals surface area contributed by atoms with E-state index in [-0.39, 0.29) is 11.3 Å². The highest BCUT2D eigenvalue weighted by Crippen LogP contribution is 2.44. The molecule has 1 aliphatic heterocycles. The third-order valence-corrected chi connectivity index (χ3v) is 6.36. The van der Waals surface area contributed by atoms with Gasteiger partial charge in [-0.05, 0) is 48.2 Å². The van der Waals surface area contributed by atoms with Crippen molar-refractivity contribution in [2.45, 2.75) is 13.0 Å². The molecule has 0 saturated carbocycles. The zero-order valence-corrected chi connectivity index (χ0v) is 16.8. The van der Waals surface area contributed by atoms with Gasteiger partial charge in [0, 0.05) is 16.0 Å². The number of furan rings is 1. The number of rotatable bonds is 4. The van der Waals surface area contributed by atoms with Crippen LogP contribution in [0.2, 0.25) is 0 Å². The highest BCUT2D eigenvalue weighted by molar-refractivity contribution is 7.10. The molecule has 148 valence electrons. The number of ketones is 1. The number of para-hydroxylation sites is 2. The first-order chi connectivity index (χ1) is 14.6. The van der Waals surface area contributed by atoms with Gasteiger partial charge in [0.05, 0.1) is 5.57 Å². The van der Waals surface area contributed by atoms with Gasteiger partial charge in [-0.15, -0.1) is 11.3 Å². The summed E-state index contributed by atoms with van der Waals surface area (Å²) in [7, 11) is 0. The predicted molar refractivity (Wildman–Crippen MR) is 116 cm³/mol. The van der Waals surface area contributed by atoms with Gasteiger partial charge in [0.1, 0.15) is 11.6 Å². The number of benzene rings is 2. The number of anilines is 1. The minimum absolute atomic E-state index is 0.0356. The molecular weight excluding hydrogens is 398 g/mol. The monoisotopic (exact) mass is 415 g/mol. The standard InChI is InChI=1S/C24H17NO4S/c1-14-11-12-30-23(14)20-19(21(26)18-13-15-7-5-6-10-17(15)29-18)22(27)24(28)25(20)16-8-3-2-4-9-16/h2-13,20,27H,1H3. The van der Waals surface area contributed by atoms with Gasteiger partial charge in [0.15, 0.2) is 11.5 Å². The maximum absolute atomic E-state index is 13.5. The van der Waals surface area contributed by atoms with Gasteiger partial charge in [0.2, 0.25) is 5.78 Å². The first kappa shape index (κ1) is 18.4. The Morgan fingerprint density at radius 3 is 2.50 bits per heavy atom. The summed E-state index contributed by atoms with van der Waals surface area (Å²) in [5.74, 6) is -1.53. The second kappa shape index (κ2) is 7.00. The lowest BCUT2D eigenvalue weighted by Gasteiger charge is -2.26. The minimum atomic E-state index is -0.722. The third kappa shape index (κ3) is 2.76. The summed E-state index contributed by atoms with van der Waals surface area (Å²) in [6.07, 6.45) is 0. The van der Waals surface area contributed by atoms with Crippen molar-refractivity contribution in [1.82, 2.24) is 0 Å². The van der Waals surface area contributed by atoms with Crippen LogP contribution in [0.1, 0.15) is 27.0 Å². The number of carbonyl (C=O) groups excluding carboxylic acids is 2. The van der Waals surface area contributed by atoms with Crippen molar-refractivity contribution in [3.05, 3.63) is 99.6 Å². The van der Waals surface area contributed by atoms with Crippen molar-refractivity contribution in [3.63, 3.8) is 0 Å². The van der Waals surface area contributed by atoms with E-state index in [9.17, 15) is 14.7 Å². The fourth-order valence-electron chi connectivity index (χ4n) is 3.83.